The fourth-order valence-electron chi connectivity index (χ4n) is 2.49. The molecule has 20 heavy (non-hydrogen) atoms. The Morgan fingerprint density at radius 1 is 1.25 bits per heavy atom. The van der Waals surface area contributed by atoms with Crippen molar-refractivity contribution in [2.75, 3.05) is 13.1 Å². The molecule has 0 bridgehead atoms. The molecule has 1 aliphatic rings. The van der Waals surface area contributed by atoms with Gasteiger partial charge in [-0.2, -0.15) is 13.2 Å². The van der Waals surface area contributed by atoms with Gasteiger partial charge in [0.1, 0.15) is 11.9 Å². The number of rotatable bonds is 3. The molecule has 2 rings (SSSR count). The van der Waals surface area contributed by atoms with Crippen molar-refractivity contribution in [3.05, 3.63) is 35.1 Å². The van der Waals surface area contributed by atoms with E-state index in [0.29, 0.717) is 19.2 Å². The predicted octanol–water partition coefficient (Wildman–Crippen LogP) is 2.47. The Morgan fingerprint density at radius 3 is 2.30 bits per heavy atom. The van der Waals surface area contributed by atoms with Crippen LogP contribution in [0.5, 0.6) is 0 Å². The van der Waals surface area contributed by atoms with Gasteiger partial charge in [0, 0.05) is 0 Å². The van der Waals surface area contributed by atoms with E-state index in [-0.39, 0.29) is 5.56 Å². The second kappa shape index (κ2) is 5.40. The highest BCUT2D eigenvalue weighted by Gasteiger charge is 2.35. The molecule has 0 unspecified atom stereocenters. The smallest absolute Gasteiger partial charge is 0.368 e. The van der Waals surface area contributed by atoms with Crippen molar-refractivity contribution in [2.24, 2.45) is 5.73 Å². The van der Waals surface area contributed by atoms with Crippen LogP contribution in [0.25, 0.3) is 0 Å². The average molecular weight is 290 g/mol. The zero-order valence-electron chi connectivity index (χ0n) is 10.6. The van der Waals surface area contributed by atoms with Gasteiger partial charge >= 0.3 is 6.18 Å². The van der Waals surface area contributed by atoms with Gasteiger partial charge in [-0.05, 0) is 43.6 Å². The standard InChI is InChI=1S/C13H14F4N2O/c14-10-7-8(3-4-9(10)13(15,16)17)11(12(18)20)19-5-1-2-6-19/h3-4,7,11H,1-2,5-6H2,(H2,18,20)/t11-/m0/s1. The summed E-state index contributed by atoms with van der Waals surface area (Å²) in [7, 11) is 0. The van der Waals surface area contributed by atoms with Crippen molar-refractivity contribution in [3.63, 3.8) is 0 Å². The SMILES string of the molecule is NC(=O)[C@H](c1ccc(C(F)(F)F)c(F)c1)N1CCCC1. The van der Waals surface area contributed by atoms with Gasteiger partial charge in [0.25, 0.3) is 0 Å². The average Bonchev–Trinajstić information content (AvgIpc) is 2.80. The van der Waals surface area contributed by atoms with Crippen molar-refractivity contribution in [1.29, 1.82) is 0 Å². The molecule has 1 aliphatic heterocycles. The van der Waals surface area contributed by atoms with E-state index in [1.165, 1.54) is 0 Å². The van der Waals surface area contributed by atoms with Crippen molar-refractivity contribution in [1.82, 2.24) is 4.90 Å². The molecule has 0 aliphatic carbocycles. The summed E-state index contributed by atoms with van der Waals surface area (Å²) >= 11 is 0. The molecular weight excluding hydrogens is 276 g/mol. The first kappa shape index (κ1) is 14.8. The lowest BCUT2D eigenvalue weighted by molar-refractivity contribution is -0.140. The van der Waals surface area contributed by atoms with E-state index in [1.807, 2.05) is 0 Å². The first-order chi connectivity index (χ1) is 9.30. The topological polar surface area (TPSA) is 46.3 Å². The number of nitrogens with zero attached hydrogens (tertiary/aromatic N) is 1. The highest BCUT2D eigenvalue weighted by Crippen LogP contribution is 2.33. The molecule has 0 spiro atoms. The number of nitrogens with two attached hydrogens (primary N) is 1. The second-order valence-electron chi connectivity index (χ2n) is 4.79. The number of amides is 1. The molecule has 1 heterocycles. The zero-order chi connectivity index (χ0) is 14.9. The van der Waals surface area contributed by atoms with Gasteiger partial charge in [-0.25, -0.2) is 4.39 Å². The van der Waals surface area contributed by atoms with E-state index >= 15 is 0 Å². The third kappa shape index (κ3) is 2.92. The highest BCUT2D eigenvalue weighted by atomic mass is 19.4. The molecule has 0 aromatic heterocycles. The molecule has 1 amide bonds. The van der Waals surface area contributed by atoms with Crippen molar-refractivity contribution >= 4 is 5.91 Å². The largest absolute Gasteiger partial charge is 0.419 e. The van der Waals surface area contributed by atoms with E-state index in [2.05, 4.69) is 0 Å². The summed E-state index contributed by atoms with van der Waals surface area (Å²) in [5, 5.41) is 0. The number of benzene rings is 1. The van der Waals surface area contributed by atoms with Gasteiger partial charge in [0.05, 0.1) is 5.56 Å². The summed E-state index contributed by atoms with van der Waals surface area (Å²) in [5.41, 5.74) is 4.11. The fourth-order valence-corrected chi connectivity index (χ4v) is 2.49. The van der Waals surface area contributed by atoms with E-state index in [1.54, 1.807) is 4.90 Å². The van der Waals surface area contributed by atoms with E-state index in [9.17, 15) is 22.4 Å². The number of likely N-dealkylation sites (tertiary alicyclic amines) is 1. The van der Waals surface area contributed by atoms with E-state index < -0.39 is 29.5 Å². The molecular formula is C13H14F4N2O. The van der Waals surface area contributed by atoms with Gasteiger partial charge in [0.2, 0.25) is 5.91 Å². The molecule has 1 aromatic rings. The summed E-state index contributed by atoms with van der Waals surface area (Å²) in [6.45, 7) is 1.24. The fraction of sp³-hybridized carbons (Fsp3) is 0.462. The second-order valence-corrected chi connectivity index (χ2v) is 4.79. The number of carbonyl (C=O) groups is 1. The monoisotopic (exact) mass is 290 g/mol. The summed E-state index contributed by atoms with van der Waals surface area (Å²) in [4.78, 5) is 13.3. The Morgan fingerprint density at radius 2 is 1.85 bits per heavy atom. The van der Waals surface area contributed by atoms with E-state index in [0.717, 1.165) is 25.0 Å². The number of hydrogen-bond donors (Lipinski definition) is 1. The Bertz CT molecular complexity index is 510. The van der Waals surface area contributed by atoms with Gasteiger partial charge < -0.3 is 5.73 Å². The Hall–Kier alpha value is -1.63. The van der Waals surface area contributed by atoms with Crippen LogP contribution in [0, 0.1) is 5.82 Å². The Balaban J connectivity index is 2.35. The molecule has 3 nitrogen and oxygen atoms in total. The summed E-state index contributed by atoms with van der Waals surface area (Å²) in [6.07, 6.45) is -2.99. The third-order valence-electron chi connectivity index (χ3n) is 3.39. The van der Waals surface area contributed by atoms with Gasteiger partial charge in [0.15, 0.2) is 0 Å². The first-order valence-corrected chi connectivity index (χ1v) is 6.20. The molecule has 1 aromatic carbocycles. The minimum Gasteiger partial charge on any atom is -0.368 e. The number of primary amides is 1. The lowest BCUT2D eigenvalue weighted by Crippen LogP contribution is -2.36. The molecule has 2 N–H and O–H groups in total. The molecule has 0 saturated carbocycles. The van der Waals surface area contributed by atoms with Crippen LogP contribution in [0.4, 0.5) is 17.6 Å². The van der Waals surface area contributed by atoms with Gasteiger partial charge in [-0.1, -0.05) is 6.07 Å². The summed E-state index contributed by atoms with van der Waals surface area (Å²) in [6, 6.07) is 1.63. The maximum atomic E-state index is 13.6. The first-order valence-electron chi connectivity index (χ1n) is 6.20. The number of halogens is 4. The molecule has 1 fully saturated rings. The third-order valence-corrected chi connectivity index (χ3v) is 3.39. The van der Waals surface area contributed by atoms with E-state index in [4.69, 9.17) is 5.73 Å². The Kier molecular flexibility index (Phi) is 3.99. The maximum Gasteiger partial charge on any atom is 0.419 e. The minimum atomic E-state index is -4.75. The predicted molar refractivity (Wildman–Crippen MR) is 64.1 cm³/mol. The minimum absolute atomic E-state index is 0.157. The van der Waals surface area contributed by atoms with Gasteiger partial charge in [-0.3, -0.25) is 9.69 Å². The van der Waals surface area contributed by atoms with Crippen LogP contribution in [0.15, 0.2) is 18.2 Å². The summed E-state index contributed by atoms with van der Waals surface area (Å²) < 4.78 is 51.1. The molecule has 1 atom stereocenters. The molecule has 7 heteroatoms. The lowest BCUT2D eigenvalue weighted by Gasteiger charge is -2.25. The van der Waals surface area contributed by atoms with Crippen molar-refractivity contribution < 1.29 is 22.4 Å². The number of alkyl halides is 3. The van der Waals surface area contributed by atoms with Crippen LogP contribution in [0.2, 0.25) is 0 Å². The van der Waals surface area contributed by atoms with Crippen molar-refractivity contribution in [3.8, 4) is 0 Å². The van der Waals surface area contributed by atoms with Crippen LogP contribution >= 0.6 is 0 Å². The van der Waals surface area contributed by atoms with Crippen LogP contribution in [0.1, 0.15) is 30.0 Å². The van der Waals surface area contributed by atoms with Crippen LogP contribution < -0.4 is 5.73 Å². The van der Waals surface area contributed by atoms with Crippen LogP contribution in [-0.2, 0) is 11.0 Å². The van der Waals surface area contributed by atoms with Crippen LogP contribution in [-0.4, -0.2) is 23.9 Å². The quantitative estimate of drug-likeness (QED) is 0.869. The molecule has 1 saturated heterocycles. The maximum absolute atomic E-state index is 13.6. The Labute approximate surface area is 113 Å². The molecule has 110 valence electrons. The van der Waals surface area contributed by atoms with Gasteiger partial charge in [-0.15, -0.1) is 0 Å². The molecule has 0 radical (unpaired) electrons. The normalized spacial score (nSPS) is 18.2. The van der Waals surface area contributed by atoms with Crippen molar-refractivity contribution in [2.45, 2.75) is 25.1 Å². The highest BCUT2D eigenvalue weighted by molar-refractivity contribution is 5.81. The number of carbonyl (C=O) groups excluding carboxylic acids is 1. The van der Waals surface area contributed by atoms with Crippen LogP contribution in [0.3, 0.4) is 0 Å². The number of hydrogen-bond acceptors (Lipinski definition) is 2. The summed E-state index contributed by atoms with van der Waals surface area (Å²) in [5.74, 6) is -2.08. The zero-order valence-corrected chi connectivity index (χ0v) is 10.6. The lowest BCUT2D eigenvalue weighted by atomic mass is 10.0.